The van der Waals surface area contributed by atoms with E-state index in [2.05, 4.69) is 10.2 Å². The van der Waals surface area contributed by atoms with Gasteiger partial charge in [0.15, 0.2) is 22.9 Å². The maximum Gasteiger partial charge on any atom is 0.349 e. The van der Waals surface area contributed by atoms with Crippen molar-refractivity contribution in [2.75, 3.05) is 34.5 Å². The molecule has 0 heterocycles. The number of aliphatic hydroxyl groups excluding tert-OH is 1. The molecular weight excluding hydrogens is 370 g/mol. The molecule has 0 aliphatic heterocycles. The van der Waals surface area contributed by atoms with Gasteiger partial charge in [0.25, 0.3) is 5.95 Å². The number of carbonyl (C=O) groups excluding carboxylic acids is 1. The lowest BCUT2D eigenvalue weighted by molar-refractivity contribution is -0.138. The van der Waals surface area contributed by atoms with E-state index in [1.54, 1.807) is 26.0 Å². The smallest absolute Gasteiger partial charge is 0.349 e. The lowest BCUT2D eigenvalue weighted by Gasteiger charge is -2.13. The maximum absolute atomic E-state index is 12.0. The summed E-state index contributed by atoms with van der Waals surface area (Å²) in [7, 11) is 4.45. The van der Waals surface area contributed by atoms with Gasteiger partial charge in [-0.2, -0.15) is 5.10 Å². The highest BCUT2D eigenvalue weighted by Crippen LogP contribution is 2.38. The minimum absolute atomic E-state index is 0.0845. The van der Waals surface area contributed by atoms with Crippen molar-refractivity contribution in [3.63, 3.8) is 0 Å². The molecule has 154 valence electrons. The van der Waals surface area contributed by atoms with Crippen molar-refractivity contribution in [2.24, 2.45) is 15.9 Å². The molecule has 3 N–H and O–H groups in total. The van der Waals surface area contributed by atoms with E-state index in [0.717, 1.165) is 0 Å². The third-order valence-corrected chi connectivity index (χ3v) is 3.33. The van der Waals surface area contributed by atoms with E-state index in [1.165, 1.54) is 27.5 Å². The normalized spacial score (nSPS) is 12.4. The van der Waals surface area contributed by atoms with Crippen molar-refractivity contribution in [1.29, 1.82) is 0 Å². The summed E-state index contributed by atoms with van der Waals surface area (Å²) in [5.74, 6) is -0.715. The molecule has 28 heavy (non-hydrogen) atoms. The van der Waals surface area contributed by atoms with Crippen LogP contribution in [-0.2, 0) is 14.3 Å². The fraction of sp³-hybridized carbons (Fsp3) is 0.389. The highest BCUT2D eigenvalue weighted by Gasteiger charge is 2.23. The number of methoxy groups -OCH3 is 3. The zero-order chi connectivity index (χ0) is 21.1. The Labute approximate surface area is 163 Å². The van der Waals surface area contributed by atoms with E-state index in [1.807, 2.05) is 0 Å². The first-order valence-electron chi connectivity index (χ1n) is 8.33. The van der Waals surface area contributed by atoms with E-state index in [-0.39, 0.29) is 19.0 Å². The van der Waals surface area contributed by atoms with E-state index in [0.29, 0.717) is 22.8 Å². The number of carbonyl (C=O) groups is 1. The second-order valence-corrected chi connectivity index (χ2v) is 4.99. The number of nitrogens with zero attached hydrogens (tertiary/aromatic N) is 2. The van der Waals surface area contributed by atoms with Gasteiger partial charge in [-0.15, -0.1) is 5.10 Å². The van der Waals surface area contributed by atoms with E-state index in [4.69, 9.17) is 29.4 Å². The molecule has 0 aromatic heterocycles. The Balaban J connectivity index is 3.25. The van der Waals surface area contributed by atoms with Gasteiger partial charge in [0.1, 0.15) is 0 Å². The maximum atomic E-state index is 12.0. The summed E-state index contributed by atoms with van der Waals surface area (Å²) in [6, 6.07) is 3.34. The third-order valence-electron chi connectivity index (χ3n) is 3.33. The first kappa shape index (κ1) is 22.6. The third kappa shape index (κ3) is 5.53. The number of nitrogens with two attached hydrogens (primary N) is 1. The van der Waals surface area contributed by atoms with Crippen LogP contribution in [0.1, 0.15) is 19.4 Å². The van der Waals surface area contributed by atoms with Crippen molar-refractivity contribution in [3.8, 4) is 17.2 Å². The molecule has 0 aliphatic carbocycles. The van der Waals surface area contributed by atoms with Gasteiger partial charge in [-0.1, -0.05) is 0 Å². The van der Waals surface area contributed by atoms with Gasteiger partial charge in [-0.3, -0.25) is 0 Å². The first-order chi connectivity index (χ1) is 13.4. The molecular formula is C18H25N3O7. The molecule has 0 atom stereocenters. The van der Waals surface area contributed by atoms with Gasteiger partial charge in [-0.25, -0.2) is 4.79 Å². The topological polar surface area (TPSA) is 134 Å². The molecule has 0 aliphatic rings. The molecule has 0 saturated heterocycles. The van der Waals surface area contributed by atoms with Crippen molar-refractivity contribution in [2.45, 2.75) is 13.8 Å². The standard InChI is InChI=1S/C18H25N3O7/c1-6-27-17(22)13(18(23)28-7-2)16(19)21-20-10-11-8-9-12(24-3)15(26-5)14(11)25-4/h8-10,22H,6-7H2,1-5H3,(H2,19,21)/b17-13+,20-10+. The van der Waals surface area contributed by atoms with Gasteiger partial charge in [-0.05, 0) is 26.0 Å². The molecule has 0 spiro atoms. The monoisotopic (exact) mass is 395 g/mol. The van der Waals surface area contributed by atoms with Gasteiger partial charge >= 0.3 is 5.97 Å². The molecule has 0 unspecified atom stereocenters. The summed E-state index contributed by atoms with van der Waals surface area (Å²) < 4.78 is 25.6. The van der Waals surface area contributed by atoms with Gasteiger partial charge < -0.3 is 34.5 Å². The van der Waals surface area contributed by atoms with Crippen LogP contribution in [0.4, 0.5) is 0 Å². The molecule has 0 fully saturated rings. The zero-order valence-electron chi connectivity index (χ0n) is 16.5. The Morgan fingerprint density at radius 2 is 1.71 bits per heavy atom. The van der Waals surface area contributed by atoms with Crippen LogP contribution in [-0.4, -0.2) is 57.7 Å². The summed E-state index contributed by atoms with van der Waals surface area (Å²) in [4.78, 5) is 12.0. The summed E-state index contributed by atoms with van der Waals surface area (Å²) in [5, 5.41) is 17.5. The number of amidine groups is 1. The Kier molecular flexibility index (Phi) is 9.14. The number of ether oxygens (including phenoxy) is 5. The minimum atomic E-state index is -0.881. The molecule has 1 aromatic rings. The van der Waals surface area contributed by atoms with E-state index >= 15 is 0 Å². The molecule has 10 nitrogen and oxygen atoms in total. The van der Waals surface area contributed by atoms with Crippen molar-refractivity contribution in [1.82, 2.24) is 0 Å². The predicted molar refractivity (Wildman–Crippen MR) is 103 cm³/mol. The quantitative estimate of drug-likeness (QED) is 0.153. The summed E-state index contributed by atoms with van der Waals surface area (Å²) in [6.45, 7) is 3.45. The molecule has 1 aromatic carbocycles. The van der Waals surface area contributed by atoms with Crippen LogP contribution in [0, 0.1) is 0 Å². The molecule has 0 radical (unpaired) electrons. The molecule has 0 saturated carbocycles. The molecule has 10 heteroatoms. The van der Waals surface area contributed by atoms with Crippen molar-refractivity contribution < 1.29 is 33.6 Å². The molecule has 0 amide bonds. The lowest BCUT2D eigenvalue weighted by Crippen LogP contribution is -2.25. The Morgan fingerprint density at radius 1 is 1.07 bits per heavy atom. The van der Waals surface area contributed by atoms with Crippen LogP contribution in [0.25, 0.3) is 0 Å². The summed E-state index contributed by atoms with van der Waals surface area (Å²) >= 11 is 0. The average Bonchev–Trinajstić information content (AvgIpc) is 2.67. The van der Waals surface area contributed by atoms with Gasteiger partial charge in [0, 0.05) is 5.56 Å². The van der Waals surface area contributed by atoms with Gasteiger partial charge in [0.05, 0.1) is 40.8 Å². The first-order valence-corrected chi connectivity index (χ1v) is 8.33. The number of rotatable bonds is 10. The number of esters is 1. The van der Waals surface area contributed by atoms with Crippen LogP contribution in [0.3, 0.4) is 0 Å². The SMILES string of the molecule is CCOC(=O)C(/C(N)=N/N=C/c1ccc(OC)c(OC)c1OC)=C(\O)OCC. The van der Waals surface area contributed by atoms with E-state index in [9.17, 15) is 9.90 Å². The van der Waals surface area contributed by atoms with Crippen LogP contribution in [0.2, 0.25) is 0 Å². The zero-order valence-corrected chi connectivity index (χ0v) is 16.5. The number of aliphatic hydroxyl groups is 1. The van der Waals surface area contributed by atoms with Crippen LogP contribution < -0.4 is 19.9 Å². The van der Waals surface area contributed by atoms with Crippen molar-refractivity contribution >= 4 is 18.0 Å². The number of hydrogen-bond donors (Lipinski definition) is 2. The molecule has 1 rings (SSSR count). The van der Waals surface area contributed by atoms with E-state index < -0.39 is 17.5 Å². The fourth-order valence-electron chi connectivity index (χ4n) is 2.14. The largest absolute Gasteiger partial charge is 0.493 e. The Bertz CT molecular complexity index is 773. The summed E-state index contributed by atoms with van der Waals surface area (Å²) in [5.41, 5.74) is 5.88. The predicted octanol–water partition coefficient (Wildman–Crippen LogP) is 1.77. The Hall–Kier alpha value is -3.43. The van der Waals surface area contributed by atoms with Gasteiger partial charge in [0.2, 0.25) is 5.75 Å². The highest BCUT2D eigenvalue weighted by atomic mass is 16.6. The number of hydrogen-bond acceptors (Lipinski definition) is 9. The molecule has 0 bridgehead atoms. The van der Waals surface area contributed by atoms with Crippen LogP contribution in [0.5, 0.6) is 17.2 Å². The second kappa shape index (κ2) is 11.3. The lowest BCUT2D eigenvalue weighted by atomic mass is 10.2. The van der Waals surface area contributed by atoms with Crippen molar-refractivity contribution in [3.05, 3.63) is 29.2 Å². The average molecular weight is 395 g/mol. The van der Waals surface area contributed by atoms with Crippen LogP contribution in [0.15, 0.2) is 33.9 Å². The second-order valence-electron chi connectivity index (χ2n) is 4.99. The van der Waals surface area contributed by atoms with Crippen LogP contribution >= 0.6 is 0 Å². The highest BCUT2D eigenvalue weighted by molar-refractivity contribution is 6.18. The fourth-order valence-corrected chi connectivity index (χ4v) is 2.14. The number of benzene rings is 1. The minimum Gasteiger partial charge on any atom is -0.493 e. The Morgan fingerprint density at radius 3 is 2.25 bits per heavy atom. The summed E-state index contributed by atoms with van der Waals surface area (Å²) in [6.07, 6.45) is 1.34.